The molecule has 0 amide bonds. The minimum absolute atomic E-state index is 0.00431. The fraction of sp³-hybridized carbons (Fsp3) is 0.250. The van der Waals surface area contributed by atoms with Crippen molar-refractivity contribution in [3.63, 3.8) is 0 Å². The molecule has 1 unspecified atom stereocenters. The Morgan fingerprint density at radius 3 is 2.37 bits per heavy atom. The molecule has 2 rings (SSSR count). The summed E-state index contributed by atoms with van der Waals surface area (Å²) in [7, 11) is 0. The third kappa shape index (κ3) is 2.45. The van der Waals surface area contributed by atoms with Gasteiger partial charge in [0, 0.05) is 5.56 Å². The van der Waals surface area contributed by atoms with Crippen molar-refractivity contribution in [1.82, 2.24) is 0 Å². The summed E-state index contributed by atoms with van der Waals surface area (Å²) in [5.41, 5.74) is 0.453. The highest BCUT2D eigenvalue weighted by molar-refractivity contribution is 5.91. The standard InChI is InChI=1S/C12H7F5O2/c13-11(14,10(18)12(15,16)17)9-6-5-7-3-1-2-4-8(7)19-9/h1-6,9H. The van der Waals surface area contributed by atoms with Crippen LogP contribution in [0, 0.1) is 0 Å². The molecule has 0 fully saturated rings. The SMILES string of the molecule is O=C(C(F)(F)F)C(F)(F)C1C=Cc2ccccc2O1. The van der Waals surface area contributed by atoms with E-state index >= 15 is 0 Å². The molecule has 1 aromatic carbocycles. The molecule has 102 valence electrons. The highest BCUT2D eigenvalue weighted by Crippen LogP contribution is 2.36. The molecule has 0 N–H and O–H groups in total. The van der Waals surface area contributed by atoms with Crippen molar-refractivity contribution in [1.29, 1.82) is 0 Å². The number of ether oxygens (including phenoxy) is 1. The Labute approximate surface area is 104 Å². The van der Waals surface area contributed by atoms with Crippen LogP contribution in [0.4, 0.5) is 22.0 Å². The lowest BCUT2D eigenvalue weighted by Gasteiger charge is -2.27. The van der Waals surface area contributed by atoms with Crippen LogP contribution in [-0.2, 0) is 4.79 Å². The Morgan fingerprint density at radius 2 is 1.74 bits per heavy atom. The molecule has 0 aromatic heterocycles. The molecule has 0 spiro atoms. The van der Waals surface area contributed by atoms with Crippen LogP contribution in [0.2, 0.25) is 0 Å². The minimum atomic E-state index is -5.61. The fourth-order valence-electron chi connectivity index (χ4n) is 1.61. The van der Waals surface area contributed by atoms with Gasteiger partial charge in [0.25, 0.3) is 0 Å². The van der Waals surface area contributed by atoms with E-state index < -0.39 is 24.0 Å². The second kappa shape index (κ2) is 4.32. The van der Waals surface area contributed by atoms with Gasteiger partial charge in [-0.05, 0) is 12.1 Å². The van der Waals surface area contributed by atoms with Crippen molar-refractivity contribution in [2.45, 2.75) is 18.2 Å². The number of hydrogen-bond acceptors (Lipinski definition) is 2. The first kappa shape index (κ1) is 13.5. The number of halogens is 5. The second-order valence-electron chi connectivity index (χ2n) is 3.89. The van der Waals surface area contributed by atoms with Crippen LogP contribution < -0.4 is 4.74 Å². The average molecular weight is 278 g/mol. The number of benzene rings is 1. The number of hydrogen-bond donors (Lipinski definition) is 0. The summed E-state index contributed by atoms with van der Waals surface area (Å²) in [6.07, 6.45) is -5.94. The predicted molar refractivity (Wildman–Crippen MR) is 55.9 cm³/mol. The predicted octanol–water partition coefficient (Wildman–Crippen LogP) is 3.23. The average Bonchev–Trinajstić information content (AvgIpc) is 2.36. The van der Waals surface area contributed by atoms with Gasteiger partial charge in [0.15, 0.2) is 6.10 Å². The molecule has 1 aromatic rings. The zero-order valence-electron chi connectivity index (χ0n) is 9.25. The number of carbonyl (C=O) groups excluding carboxylic acids is 1. The monoisotopic (exact) mass is 278 g/mol. The number of ketones is 1. The van der Waals surface area contributed by atoms with E-state index in [1.54, 1.807) is 12.1 Å². The third-order valence-corrected chi connectivity index (χ3v) is 2.54. The molecule has 0 aliphatic carbocycles. The lowest BCUT2D eigenvalue weighted by molar-refractivity contribution is -0.203. The normalized spacial score (nSPS) is 18.7. The summed E-state index contributed by atoms with van der Waals surface area (Å²) in [6.45, 7) is 0. The first-order valence-electron chi connectivity index (χ1n) is 5.16. The van der Waals surface area contributed by atoms with E-state index in [2.05, 4.69) is 0 Å². The van der Waals surface area contributed by atoms with Crippen LogP contribution in [0.15, 0.2) is 30.3 Å². The maximum Gasteiger partial charge on any atom is 0.456 e. The van der Waals surface area contributed by atoms with Gasteiger partial charge in [-0.3, -0.25) is 4.79 Å². The van der Waals surface area contributed by atoms with Crippen molar-refractivity contribution in [2.75, 3.05) is 0 Å². The maximum absolute atomic E-state index is 13.4. The highest BCUT2D eigenvalue weighted by Gasteiger charge is 2.59. The number of rotatable bonds is 2. The Kier molecular flexibility index (Phi) is 3.07. The van der Waals surface area contributed by atoms with Gasteiger partial charge in [0.2, 0.25) is 0 Å². The third-order valence-electron chi connectivity index (χ3n) is 2.54. The minimum Gasteiger partial charge on any atom is -0.479 e. The summed E-state index contributed by atoms with van der Waals surface area (Å²) in [4.78, 5) is 10.7. The summed E-state index contributed by atoms with van der Waals surface area (Å²) in [6, 6.07) is 5.98. The number of alkyl halides is 5. The lowest BCUT2D eigenvalue weighted by Crippen LogP contribution is -2.50. The van der Waals surface area contributed by atoms with E-state index in [0.29, 0.717) is 5.56 Å². The Balaban J connectivity index is 2.28. The van der Waals surface area contributed by atoms with Crippen LogP contribution in [0.5, 0.6) is 5.75 Å². The Hall–Kier alpha value is -1.92. The van der Waals surface area contributed by atoms with Crippen LogP contribution in [0.3, 0.4) is 0 Å². The van der Waals surface area contributed by atoms with Gasteiger partial charge in [0.1, 0.15) is 5.75 Å². The van der Waals surface area contributed by atoms with E-state index in [4.69, 9.17) is 4.74 Å². The molecule has 1 aliphatic rings. The summed E-state index contributed by atoms with van der Waals surface area (Å²) in [5.74, 6) is -7.78. The van der Waals surface area contributed by atoms with Crippen molar-refractivity contribution >= 4 is 11.9 Å². The zero-order valence-corrected chi connectivity index (χ0v) is 9.25. The van der Waals surface area contributed by atoms with Gasteiger partial charge in [-0.1, -0.05) is 24.3 Å². The molecule has 7 heteroatoms. The largest absolute Gasteiger partial charge is 0.479 e. The summed E-state index contributed by atoms with van der Waals surface area (Å²) < 4.78 is 67.9. The molecule has 19 heavy (non-hydrogen) atoms. The molecule has 0 saturated heterocycles. The summed E-state index contributed by atoms with van der Waals surface area (Å²) >= 11 is 0. The van der Waals surface area contributed by atoms with E-state index in [1.165, 1.54) is 18.2 Å². The van der Waals surface area contributed by atoms with E-state index in [-0.39, 0.29) is 5.75 Å². The van der Waals surface area contributed by atoms with Crippen LogP contribution in [-0.4, -0.2) is 24.0 Å². The molecule has 2 nitrogen and oxygen atoms in total. The molecule has 0 saturated carbocycles. The Bertz CT molecular complexity index is 533. The van der Waals surface area contributed by atoms with Crippen molar-refractivity contribution in [3.05, 3.63) is 35.9 Å². The topological polar surface area (TPSA) is 26.3 Å². The van der Waals surface area contributed by atoms with Gasteiger partial charge < -0.3 is 4.74 Å². The fourth-order valence-corrected chi connectivity index (χ4v) is 1.61. The maximum atomic E-state index is 13.4. The lowest BCUT2D eigenvalue weighted by atomic mass is 10.0. The quantitative estimate of drug-likeness (QED) is 0.776. The van der Waals surface area contributed by atoms with Gasteiger partial charge >= 0.3 is 17.9 Å². The number of para-hydroxylation sites is 1. The molecular formula is C12H7F5O2. The van der Waals surface area contributed by atoms with Crippen LogP contribution >= 0.6 is 0 Å². The molecule has 1 atom stereocenters. The highest BCUT2D eigenvalue weighted by atomic mass is 19.4. The Morgan fingerprint density at radius 1 is 1.11 bits per heavy atom. The summed E-state index contributed by atoms with van der Waals surface area (Å²) in [5, 5.41) is 0. The van der Waals surface area contributed by atoms with Gasteiger partial charge in [-0.25, -0.2) is 0 Å². The molecular weight excluding hydrogens is 271 g/mol. The van der Waals surface area contributed by atoms with Crippen molar-refractivity contribution < 1.29 is 31.5 Å². The number of carbonyl (C=O) groups is 1. The second-order valence-corrected chi connectivity index (χ2v) is 3.89. The first-order chi connectivity index (χ1) is 8.73. The molecule has 0 radical (unpaired) electrons. The number of Topliss-reactive ketones (excluding diaryl/α,β-unsaturated/α-hetero) is 1. The van der Waals surface area contributed by atoms with E-state index in [0.717, 1.165) is 6.08 Å². The van der Waals surface area contributed by atoms with Gasteiger partial charge in [0.05, 0.1) is 0 Å². The van der Waals surface area contributed by atoms with E-state index in [9.17, 15) is 26.7 Å². The molecule has 1 aliphatic heterocycles. The van der Waals surface area contributed by atoms with Crippen molar-refractivity contribution in [3.8, 4) is 5.75 Å². The van der Waals surface area contributed by atoms with Gasteiger partial charge in [-0.2, -0.15) is 22.0 Å². The smallest absolute Gasteiger partial charge is 0.456 e. The molecule has 1 heterocycles. The van der Waals surface area contributed by atoms with Gasteiger partial charge in [-0.15, -0.1) is 0 Å². The first-order valence-corrected chi connectivity index (χ1v) is 5.16. The zero-order chi connectivity index (χ0) is 14.3. The molecule has 0 bridgehead atoms. The van der Waals surface area contributed by atoms with Crippen LogP contribution in [0.25, 0.3) is 6.08 Å². The van der Waals surface area contributed by atoms with Crippen molar-refractivity contribution in [2.24, 2.45) is 0 Å². The van der Waals surface area contributed by atoms with Crippen LogP contribution in [0.1, 0.15) is 5.56 Å². The number of fused-ring (bicyclic) bond motifs is 1. The van der Waals surface area contributed by atoms with E-state index in [1.807, 2.05) is 0 Å².